The third-order valence-corrected chi connectivity index (χ3v) is 4.98. The summed E-state index contributed by atoms with van der Waals surface area (Å²) in [5.74, 6) is -1.89. The predicted octanol–water partition coefficient (Wildman–Crippen LogP) is 3.34. The number of hydrogen-bond donors (Lipinski definition) is 2. The van der Waals surface area contributed by atoms with Crippen LogP contribution in [0.3, 0.4) is 0 Å². The standard InChI is InChI=1S/C19H16BrN3O7/c1-29-16-7-6-13(23(27)28)8-14(16)21-18(26)19(10-17(24)25)9-15(22-30-19)11-2-4-12(20)5-3-11/h2-8H,9-10H2,1H3,(H,21,26)(H,24,25)/t19-/m0/s1. The molecule has 0 aromatic heterocycles. The minimum atomic E-state index is -1.82. The average molecular weight is 478 g/mol. The van der Waals surface area contributed by atoms with E-state index in [9.17, 15) is 24.8 Å². The van der Waals surface area contributed by atoms with E-state index >= 15 is 0 Å². The van der Waals surface area contributed by atoms with Gasteiger partial charge in [0.25, 0.3) is 11.6 Å². The van der Waals surface area contributed by atoms with Crippen molar-refractivity contribution in [2.45, 2.75) is 18.4 Å². The molecule has 0 fully saturated rings. The van der Waals surface area contributed by atoms with Gasteiger partial charge in [0.2, 0.25) is 5.60 Å². The van der Waals surface area contributed by atoms with E-state index in [0.29, 0.717) is 11.3 Å². The maximum Gasteiger partial charge on any atom is 0.308 e. The Kier molecular flexibility index (Phi) is 6.01. The smallest absolute Gasteiger partial charge is 0.308 e. The van der Waals surface area contributed by atoms with Gasteiger partial charge >= 0.3 is 5.97 Å². The third kappa shape index (κ3) is 4.40. The largest absolute Gasteiger partial charge is 0.495 e. The van der Waals surface area contributed by atoms with Gasteiger partial charge in [0.1, 0.15) is 5.75 Å². The number of carboxylic acid groups (broad SMARTS) is 1. The number of anilines is 1. The quantitative estimate of drug-likeness (QED) is 0.459. The number of amides is 1. The number of halogens is 1. The van der Waals surface area contributed by atoms with Crippen LogP contribution in [0.15, 0.2) is 52.1 Å². The molecule has 1 atom stereocenters. The highest BCUT2D eigenvalue weighted by Gasteiger charge is 2.49. The van der Waals surface area contributed by atoms with Gasteiger partial charge in [-0.2, -0.15) is 0 Å². The number of ether oxygens (including phenoxy) is 1. The van der Waals surface area contributed by atoms with Crippen molar-refractivity contribution >= 4 is 44.9 Å². The SMILES string of the molecule is COc1ccc([N+](=O)[O-])cc1NC(=O)[C@@]1(CC(=O)O)CC(c2ccc(Br)cc2)=NO1. The van der Waals surface area contributed by atoms with Crippen molar-refractivity contribution in [2.24, 2.45) is 5.16 Å². The Morgan fingerprint density at radius 2 is 2.03 bits per heavy atom. The molecular weight excluding hydrogens is 462 g/mol. The molecule has 156 valence electrons. The lowest BCUT2D eigenvalue weighted by Crippen LogP contribution is -2.45. The first kappa shape index (κ1) is 21.2. The summed E-state index contributed by atoms with van der Waals surface area (Å²) < 4.78 is 5.98. The molecule has 0 aliphatic carbocycles. The maximum atomic E-state index is 13.0. The van der Waals surface area contributed by atoms with Gasteiger partial charge in [-0.15, -0.1) is 0 Å². The fourth-order valence-corrected chi connectivity index (χ4v) is 3.22. The lowest BCUT2D eigenvalue weighted by atomic mass is 9.90. The predicted molar refractivity (Wildman–Crippen MR) is 110 cm³/mol. The zero-order chi connectivity index (χ0) is 21.9. The van der Waals surface area contributed by atoms with E-state index in [1.807, 2.05) is 0 Å². The van der Waals surface area contributed by atoms with Gasteiger partial charge in [-0.25, -0.2) is 0 Å². The number of methoxy groups -OCH3 is 1. The van der Waals surface area contributed by atoms with Crippen molar-refractivity contribution in [1.82, 2.24) is 0 Å². The highest BCUT2D eigenvalue weighted by atomic mass is 79.9. The molecule has 2 N–H and O–H groups in total. The van der Waals surface area contributed by atoms with E-state index in [0.717, 1.165) is 10.5 Å². The van der Waals surface area contributed by atoms with Gasteiger partial charge in [0, 0.05) is 23.0 Å². The van der Waals surface area contributed by atoms with E-state index in [1.165, 1.54) is 19.2 Å². The molecule has 0 radical (unpaired) electrons. The number of nitrogens with one attached hydrogen (secondary N) is 1. The Morgan fingerprint density at radius 1 is 1.33 bits per heavy atom. The fraction of sp³-hybridized carbons (Fsp3) is 0.211. The Balaban J connectivity index is 1.89. The number of oxime groups is 1. The summed E-state index contributed by atoms with van der Waals surface area (Å²) in [6.45, 7) is 0. The molecule has 11 heteroatoms. The Hall–Kier alpha value is -3.47. The van der Waals surface area contributed by atoms with Crippen molar-refractivity contribution in [1.29, 1.82) is 0 Å². The molecule has 0 saturated carbocycles. The fourth-order valence-electron chi connectivity index (χ4n) is 2.96. The van der Waals surface area contributed by atoms with Crippen LogP contribution in [-0.4, -0.2) is 40.3 Å². The number of carbonyl (C=O) groups excluding carboxylic acids is 1. The zero-order valence-electron chi connectivity index (χ0n) is 15.6. The van der Waals surface area contributed by atoms with Crippen molar-refractivity contribution in [3.8, 4) is 5.75 Å². The number of hydrogen-bond acceptors (Lipinski definition) is 7. The van der Waals surface area contributed by atoms with E-state index in [4.69, 9.17) is 9.57 Å². The highest BCUT2D eigenvalue weighted by molar-refractivity contribution is 9.10. The molecule has 1 heterocycles. The lowest BCUT2D eigenvalue weighted by Gasteiger charge is -2.24. The van der Waals surface area contributed by atoms with Crippen LogP contribution in [0, 0.1) is 10.1 Å². The number of nitrogens with zero attached hydrogens (tertiary/aromatic N) is 2. The first-order valence-electron chi connectivity index (χ1n) is 8.61. The summed E-state index contributed by atoms with van der Waals surface area (Å²) in [5.41, 5.74) is -0.986. The third-order valence-electron chi connectivity index (χ3n) is 4.45. The van der Waals surface area contributed by atoms with E-state index in [-0.39, 0.29) is 23.5 Å². The van der Waals surface area contributed by atoms with Crippen LogP contribution < -0.4 is 10.1 Å². The zero-order valence-corrected chi connectivity index (χ0v) is 17.2. The molecule has 1 aliphatic rings. The summed E-state index contributed by atoms with van der Waals surface area (Å²) >= 11 is 3.33. The number of rotatable bonds is 7. The number of nitro benzene ring substituents is 1. The second-order valence-corrected chi connectivity index (χ2v) is 7.39. The van der Waals surface area contributed by atoms with Crippen LogP contribution in [0.2, 0.25) is 0 Å². The molecule has 1 aliphatic heterocycles. The Bertz CT molecular complexity index is 1040. The van der Waals surface area contributed by atoms with E-state index in [2.05, 4.69) is 26.4 Å². The molecule has 1 amide bonds. The van der Waals surface area contributed by atoms with Crippen LogP contribution in [0.4, 0.5) is 11.4 Å². The van der Waals surface area contributed by atoms with Gasteiger partial charge in [0.15, 0.2) is 0 Å². The lowest BCUT2D eigenvalue weighted by molar-refractivity contribution is -0.384. The second kappa shape index (κ2) is 8.49. The number of aliphatic carboxylic acids is 1. The number of benzene rings is 2. The van der Waals surface area contributed by atoms with Gasteiger partial charge in [-0.05, 0) is 23.8 Å². The normalized spacial score (nSPS) is 17.6. The van der Waals surface area contributed by atoms with Crippen molar-refractivity contribution in [2.75, 3.05) is 12.4 Å². The van der Waals surface area contributed by atoms with Crippen LogP contribution in [0.25, 0.3) is 0 Å². The van der Waals surface area contributed by atoms with Gasteiger partial charge < -0.3 is 20.0 Å². The molecule has 0 spiro atoms. The summed E-state index contributed by atoms with van der Waals surface area (Å²) in [5, 5.41) is 26.8. The number of carbonyl (C=O) groups is 2. The molecule has 0 saturated heterocycles. The molecule has 2 aromatic carbocycles. The van der Waals surface area contributed by atoms with Gasteiger partial charge in [0.05, 0.1) is 29.9 Å². The first-order valence-corrected chi connectivity index (χ1v) is 9.40. The molecule has 3 rings (SSSR count). The van der Waals surface area contributed by atoms with Gasteiger partial charge in [-0.3, -0.25) is 19.7 Å². The number of non-ortho nitro benzene ring substituents is 1. The van der Waals surface area contributed by atoms with Crippen molar-refractivity contribution in [3.63, 3.8) is 0 Å². The van der Waals surface area contributed by atoms with Crippen LogP contribution in [-0.2, 0) is 14.4 Å². The summed E-state index contributed by atoms with van der Waals surface area (Å²) in [4.78, 5) is 40.3. The van der Waals surface area contributed by atoms with Crippen molar-refractivity contribution < 1.29 is 29.2 Å². The molecule has 10 nitrogen and oxygen atoms in total. The number of carboxylic acids is 1. The van der Waals surface area contributed by atoms with Gasteiger partial charge in [-0.1, -0.05) is 33.2 Å². The van der Waals surface area contributed by atoms with Crippen LogP contribution in [0.1, 0.15) is 18.4 Å². The molecule has 0 unspecified atom stereocenters. The second-order valence-electron chi connectivity index (χ2n) is 6.47. The molecule has 0 bridgehead atoms. The van der Waals surface area contributed by atoms with Crippen molar-refractivity contribution in [3.05, 3.63) is 62.6 Å². The van der Waals surface area contributed by atoms with E-state index < -0.39 is 28.8 Å². The van der Waals surface area contributed by atoms with Crippen LogP contribution >= 0.6 is 15.9 Å². The van der Waals surface area contributed by atoms with E-state index in [1.54, 1.807) is 24.3 Å². The Labute approximate surface area is 178 Å². The Morgan fingerprint density at radius 3 is 2.63 bits per heavy atom. The molecule has 2 aromatic rings. The van der Waals surface area contributed by atoms with Crippen LogP contribution in [0.5, 0.6) is 5.75 Å². The minimum Gasteiger partial charge on any atom is -0.495 e. The highest BCUT2D eigenvalue weighted by Crippen LogP contribution is 2.35. The first-order chi connectivity index (χ1) is 14.2. The minimum absolute atomic E-state index is 0.0159. The average Bonchev–Trinajstić information content (AvgIpc) is 3.13. The number of nitro groups is 1. The maximum absolute atomic E-state index is 13.0. The molecular formula is C19H16BrN3O7. The molecule has 30 heavy (non-hydrogen) atoms. The topological polar surface area (TPSA) is 140 Å². The monoisotopic (exact) mass is 477 g/mol. The summed E-state index contributed by atoms with van der Waals surface area (Å²) in [6.07, 6.45) is -0.746. The summed E-state index contributed by atoms with van der Waals surface area (Å²) in [6, 6.07) is 10.7. The summed E-state index contributed by atoms with van der Waals surface area (Å²) in [7, 11) is 1.34.